The first-order valence-electron chi connectivity index (χ1n) is 9.09. The van der Waals surface area contributed by atoms with Gasteiger partial charge in [-0.25, -0.2) is 4.98 Å². The van der Waals surface area contributed by atoms with Crippen LogP contribution in [0.5, 0.6) is 0 Å². The molecule has 0 amide bonds. The molecule has 1 aliphatic heterocycles. The van der Waals surface area contributed by atoms with E-state index in [2.05, 4.69) is 52.8 Å². The van der Waals surface area contributed by atoms with Crippen molar-refractivity contribution in [2.45, 2.75) is 50.7 Å². The molecule has 0 spiro atoms. The number of aromatic nitrogens is 2. The zero-order valence-corrected chi connectivity index (χ0v) is 16.5. The molecular formula is C19H28N4OSi. The Kier molecular flexibility index (Phi) is 5.28. The summed E-state index contributed by atoms with van der Waals surface area (Å²) in [6.07, 6.45) is 5.59. The minimum atomic E-state index is -1.09. The molecule has 1 saturated heterocycles. The number of hydrogen-bond acceptors (Lipinski definition) is 4. The first kappa shape index (κ1) is 18.1. The van der Waals surface area contributed by atoms with Crippen molar-refractivity contribution in [3.8, 4) is 6.07 Å². The SMILES string of the molecule is C[Si](C)(C)CCOCn1cc(C2(C#N)CCNCC2)c2cccnc21. The van der Waals surface area contributed by atoms with Gasteiger partial charge in [0.1, 0.15) is 12.4 Å². The molecule has 134 valence electrons. The molecule has 3 heterocycles. The number of nitrogens with one attached hydrogen (secondary N) is 1. The Bertz CT molecular complexity index is 766. The lowest BCUT2D eigenvalue weighted by molar-refractivity contribution is 0.0897. The molecule has 5 nitrogen and oxygen atoms in total. The lowest BCUT2D eigenvalue weighted by atomic mass is 9.74. The summed E-state index contributed by atoms with van der Waals surface area (Å²) in [6.45, 7) is 10.1. The molecule has 1 fully saturated rings. The van der Waals surface area contributed by atoms with Crippen LogP contribution in [0.4, 0.5) is 0 Å². The highest BCUT2D eigenvalue weighted by atomic mass is 28.3. The van der Waals surface area contributed by atoms with Gasteiger partial charge in [0.05, 0.1) is 11.5 Å². The number of rotatable bonds is 6. The third-order valence-electron chi connectivity index (χ3n) is 5.05. The van der Waals surface area contributed by atoms with Gasteiger partial charge in [0.25, 0.3) is 0 Å². The summed E-state index contributed by atoms with van der Waals surface area (Å²) >= 11 is 0. The van der Waals surface area contributed by atoms with Gasteiger partial charge in [0, 0.05) is 32.5 Å². The van der Waals surface area contributed by atoms with E-state index in [1.165, 1.54) is 0 Å². The lowest BCUT2D eigenvalue weighted by Crippen LogP contribution is -2.38. The van der Waals surface area contributed by atoms with E-state index in [0.29, 0.717) is 6.73 Å². The minimum Gasteiger partial charge on any atom is -0.361 e. The van der Waals surface area contributed by atoms with Crippen molar-refractivity contribution in [3.63, 3.8) is 0 Å². The van der Waals surface area contributed by atoms with Crippen LogP contribution in [-0.4, -0.2) is 37.3 Å². The predicted molar refractivity (Wildman–Crippen MR) is 103 cm³/mol. The highest BCUT2D eigenvalue weighted by Gasteiger charge is 2.36. The fraction of sp³-hybridized carbons (Fsp3) is 0.579. The lowest BCUT2D eigenvalue weighted by Gasteiger charge is -2.31. The Hall–Kier alpha value is -1.68. The Labute approximate surface area is 151 Å². The first-order valence-corrected chi connectivity index (χ1v) is 12.8. The average molecular weight is 357 g/mol. The number of hydrogen-bond donors (Lipinski definition) is 1. The molecule has 1 aliphatic rings. The molecule has 6 heteroatoms. The van der Waals surface area contributed by atoms with Gasteiger partial charge in [0.2, 0.25) is 0 Å². The summed E-state index contributed by atoms with van der Waals surface area (Å²) in [4.78, 5) is 4.56. The van der Waals surface area contributed by atoms with E-state index < -0.39 is 13.5 Å². The van der Waals surface area contributed by atoms with Crippen molar-refractivity contribution in [2.75, 3.05) is 19.7 Å². The van der Waals surface area contributed by atoms with Crippen molar-refractivity contribution in [1.82, 2.24) is 14.9 Å². The van der Waals surface area contributed by atoms with E-state index in [4.69, 9.17) is 4.74 Å². The molecule has 25 heavy (non-hydrogen) atoms. The molecule has 2 aromatic heterocycles. The quantitative estimate of drug-likeness (QED) is 0.636. The van der Waals surface area contributed by atoms with Gasteiger partial charge in [-0.1, -0.05) is 19.6 Å². The molecule has 0 radical (unpaired) electrons. The van der Waals surface area contributed by atoms with E-state index in [1.54, 1.807) is 0 Å². The van der Waals surface area contributed by atoms with E-state index >= 15 is 0 Å². The third kappa shape index (κ3) is 3.95. The maximum Gasteiger partial charge on any atom is 0.142 e. The number of fused-ring (bicyclic) bond motifs is 1. The Morgan fingerprint density at radius 2 is 2.12 bits per heavy atom. The average Bonchev–Trinajstić information content (AvgIpc) is 2.98. The van der Waals surface area contributed by atoms with Gasteiger partial charge in [-0.05, 0) is 49.7 Å². The second kappa shape index (κ2) is 7.28. The predicted octanol–water partition coefficient (Wildman–Crippen LogP) is 3.49. The fourth-order valence-electron chi connectivity index (χ4n) is 3.44. The summed E-state index contributed by atoms with van der Waals surface area (Å²) in [5, 5.41) is 14.4. The maximum absolute atomic E-state index is 9.93. The highest BCUT2D eigenvalue weighted by molar-refractivity contribution is 6.76. The van der Waals surface area contributed by atoms with Crippen LogP contribution in [0.1, 0.15) is 18.4 Å². The Morgan fingerprint density at radius 3 is 2.80 bits per heavy atom. The largest absolute Gasteiger partial charge is 0.361 e. The molecule has 0 unspecified atom stereocenters. The number of nitriles is 1. The van der Waals surface area contributed by atoms with Gasteiger partial charge in [-0.15, -0.1) is 0 Å². The standard InChI is InChI=1S/C19H28N4OSi/c1-25(2,3)12-11-24-15-23-13-17(16-5-4-8-22-18(16)23)19(14-20)6-9-21-10-7-19/h4-5,8,13,21H,6-7,9-12,15H2,1-3H3. The van der Waals surface area contributed by atoms with Crippen molar-refractivity contribution < 1.29 is 4.74 Å². The number of ether oxygens (including phenoxy) is 1. The van der Waals surface area contributed by atoms with Gasteiger partial charge in [-0.3, -0.25) is 0 Å². The Balaban J connectivity index is 1.87. The molecule has 3 rings (SSSR count). The molecule has 1 N–H and O–H groups in total. The second-order valence-electron chi connectivity index (χ2n) is 8.18. The van der Waals surface area contributed by atoms with Gasteiger partial charge >= 0.3 is 0 Å². The van der Waals surface area contributed by atoms with E-state index in [9.17, 15) is 5.26 Å². The monoisotopic (exact) mass is 356 g/mol. The molecule has 2 aromatic rings. The van der Waals surface area contributed by atoms with E-state index in [-0.39, 0.29) is 0 Å². The Morgan fingerprint density at radius 1 is 1.36 bits per heavy atom. The second-order valence-corrected chi connectivity index (χ2v) is 13.8. The molecule has 0 aromatic carbocycles. The number of pyridine rings is 1. The van der Waals surface area contributed by atoms with E-state index in [1.807, 2.05) is 12.3 Å². The van der Waals surface area contributed by atoms with Crippen LogP contribution in [0.25, 0.3) is 11.0 Å². The van der Waals surface area contributed by atoms with Crippen LogP contribution in [0.2, 0.25) is 25.7 Å². The smallest absolute Gasteiger partial charge is 0.142 e. The van der Waals surface area contributed by atoms with Gasteiger partial charge < -0.3 is 14.6 Å². The zero-order chi connectivity index (χ0) is 17.9. The fourth-order valence-corrected chi connectivity index (χ4v) is 4.20. The summed E-state index contributed by atoms with van der Waals surface area (Å²) in [6, 6.07) is 7.80. The number of nitrogens with zero attached hydrogens (tertiary/aromatic N) is 3. The molecule has 0 saturated carbocycles. The van der Waals surface area contributed by atoms with Crippen molar-refractivity contribution in [3.05, 3.63) is 30.1 Å². The van der Waals surface area contributed by atoms with E-state index in [0.717, 1.165) is 55.2 Å². The summed E-state index contributed by atoms with van der Waals surface area (Å²) in [5.41, 5.74) is 1.60. The van der Waals surface area contributed by atoms with Crippen LogP contribution >= 0.6 is 0 Å². The molecule has 0 atom stereocenters. The normalized spacial score (nSPS) is 17.5. The zero-order valence-electron chi connectivity index (χ0n) is 15.5. The summed E-state index contributed by atoms with van der Waals surface area (Å²) in [5.74, 6) is 0. The minimum absolute atomic E-state index is 0.421. The first-order chi connectivity index (χ1) is 12.0. The number of piperidine rings is 1. The van der Waals surface area contributed by atoms with Crippen LogP contribution < -0.4 is 5.32 Å². The van der Waals surface area contributed by atoms with Gasteiger partial charge in [-0.2, -0.15) is 5.26 Å². The highest BCUT2D eigenvalue weighted by Crippen LogP contribution is 2.37. The van der Waals surface area contributed by atoms with Crippen LogP contribution in [0.15, 0.2) is 24.5 Å². The van der Waals surface area contributed by atoms with Crippen LogP contribution in [0.3, 0.4) is 0 Å². The maximum atomic E-state index is 9.93. The van der Waals surface area contributed by atoms with Crippen molar-refractivity contribution in [2.24, 2.45) is 0 Å². The third-order valence-corrected chi connectivity index (χ3v) is 6.75. The molecular weight excluding hydrogens is 328 g/mol. The van der Waals surface area contributed by atoms with Crippen molar-refractivity contribution >= 4 is 19.1 Å². The van der Waals surface area contributed by atoms with Crippen molar-refractivity contribution in [1.29, 1.82) is 5.26 Å². The van der Waals surface area contributed by atoms with Crippen LogP contribution in [-0.2, 0) is 16.9 Å². The van der Waals surface area contributed by atoms with Crippen LogP contribution in [0, 0.1) is 11.3 Å². The summed E-state index contributed by atoms with van der Waals surface area (Å²) < 4.78 is 8.00. The topological polar surface area (TPSA) is 62.9 Å². The van der Waals surface area contributed by atoms with Gasteiger partial charge in [0.15, 0.2) is 0 Å². The molecule has 0 aliphatic carbocycles. The summed E-state index contributed by atoms with van der Waals surface area (Å²) in [7, 11) is -1.09. The molecule has 0 bridgehead atoms.